The highest BCUT2D eigenvalue weighted by molar-refractivity contribution is 6.08. The number of hydrogen-bond acceptors (Lipinski definition) is 4. The molecule has 4 N–H and O–H groups in total. The molecule has 0 fully saturated rings. The van der Waals surface area contributed by atoms with Crippen LogP contribution in [0.15, 0.2) is 18.6 Å². The summed E-state index contributed by atoms with van der Waals surface area (Å²) in [6, 6.07) is 1.53. The Bertz CT molecular complexity index is 516. The van der Waals surface area contributed by atoms with Crippen molar-refractivity contribution in [3.63, 3.8) is 0 Å². The van der Waals surface area contributed by atoms with Crippen molar-refractivity contribution in [1.29, 1.82) is 0 Å². The molecule has 2 aromatic heterocycles. The van der Waals surface area contributed by atoms with Crippen molar-refractivity contribution >= 4 is 17.7 Å². The Morgan fingerprint density at radius 1 is 1.44 bits per heavy atom. The van der Waals surface area contributed by atoms with Gasteiger partial charge < -0.3 is 15.4 Å². The molecule has 0 bridgehead atoms. The predicted octanol–water partition coefficient (Wildman–Crippen LogP) is 0.0833. The third kappa shape index (κ3) is 1.75. The maximum Gasteiger partial charge on any atom is 0.354 e. The number of H-pyrrole nitrogens is 2. The summed E-state index contributed by atoms with van der Waals surface area (Å²) < 4.78 is 0. The Hall–Kier alpha value is -2.64. The maximum atomic E-state index is 11.6. The van der Waals surface area contributed by atoms with Crippen molar-refractivity contribution in [3.05, 3.63) is 30.0 Å². The zero-order valence-corrected chi connectivity index (χ0v) is 7.89. The first-order valence-corrected chi connectivity index (χ1v) is 4.26. The van der Waals surface area contributed by atoms with Crippen molar-refractivity contribution in [2.24, 2.45) is 0 Å². The van der Waals surface area contributed by atoms with E-state index in [1.165, 1.54) is 12.3 Å². The number of aromatic amines is 2. The normalized spacial score (nSPS) is 10.0. The number of imidazole rings is 1. The zero-order chi connectivity index (χ0) is 11.5. The highest BCUT2D eigenvalue weighted by Gasteiger charge is 2.19. The number of aromatic nitrogens is 4. The summed E-state index contributed by atoms with van der Waals surface area (Å²) >= 11 is 0. The smallest absolute Gasteiger partial charge is 0.354 e. The standard InChI is InChI=1S/C8H7N5O3/c14-7(12-4-1-2-11-13-4)5-6(8(15)16)10-3-9-5/h1-3H,(H,9,10)(H,15,16)(H2,11,12,13,14). The van der Waals surface area contributed by atoms with Gasteiger partial charge in [0, 0.05) is 6.07 Å². The van der Waals surface area contributed by atoms with E-state index in [-0.39, 0.29) is 11.4 Å². The predicted molar refractivity (Wildman–Crippen MR) is 52.1 cm³/mol. The fourth-order valence-electron chi connectivity index (χ4n) is 1.14. The van der Waals surface area contributed by atoms with E-state index in [1.54, 1.807) is 0 Å². The molecule has 2 rings (SSSR count). The molecule has 0 unspecified atom stereocenters. The van der Waals surface area contributed by atoms with Crippen molar-refractivity contribution in [2.75, 3.05) is 5.32 Å². The number of carboxylic acids is 1. The molecule has 0 aliphatic heterocycles. The second-order valence-electron chi connectivity index (χ2n) is 2.86. The van der Waals surface area contributed by atoms with Gasteiger partial charge in [-0.3, -0.25) is 9.89 Å². The van der Waals surface area contributed by atoms with E-state index in [0.717, 1.165) is 6.33 Å². The Kier molecular flexibility index (Phi) is 2.38. The van der Waals surface area contributed by atoms with Gasteiger partial charge in [-0.25, -0.2) is 9.78 Å². The second-order valence-corrected chi connectivity index (χ2v) is 2.86. The fourth-order valence-corrected chi connectivity index (χ4v) is 1.14. The van der Waals surface area contributed by atoms with Crippen LogP contribution in [0.25, 0.3) is 0 Å². The van der Waals surface area contributed by atoms with Crippen LogP contribution in [0, 0.1) is 0 Å². The third-order valence-electron chi connectivity index (χ3n) is 1.82. The average molecular weight is 221 g/mol. The molecule has 0 radical (unpaired) electrons. The van der Waals surface area contributed by atoms with Gasteiger partial charge in [0.05, 0.1) is 12.5 Å². The van der Waals surface area contributed by atoms with Crippen LogP contribution in [0.2, 0.25) is 0 Å². The maximum absolute atomic E-state index is 11.6. The van der Waals surface area contributed by atoms with Gasteiger partial charge in [0.1, 0.15) is 5.82 Å². The zero-order valence-electron chi connectivity index (χ0n) is 7.89. The summed E-state index contributed by atoms with van der Waals surface area (Å²) in [6.07, 6.45) is 2.60. The van der Waals surface area contributed by atoms with Crippen LogP contribution < -0.4 is 5.32 Å². The van der Waals surface area contributed by atoms with E-state index in [9.17, 15) is 9.59 Å². The SMILES string of the molecule is O=C(Nc1ccn[nH]1)c1nc[nH]c1C(=O)O. The van der Waals surface area contributed by atoms with Crippen LogP contribution in [0.4, 0.5) is 5.82 Å². The van der Waals surface area contributed by atoms with Gasteiger partial charge >= 0.3 is 5.97 Å². The second kappa shape index (κ2) is 3.85. The number of rotatable bonds is 3. The van der Waals surface area contributed by atoms with Crippen LogP contribution in [0.3, 0.4) is 0 Å². The molecule has 0 aromatic carbocycles. The molecule has 82 valence electrons. The molecule has 8 heteroatoms. The number of carboxylic acid groups (broad SMARTS) is 1. The van der Waals surface area contributed by atoms with E-state index >= 15 is 0 Å². The summed E-state index contributed by atoms with van der Waals surface area (Å²) in [5.41, 5.74) is -0.431. The molecule has 0 saturated carbocycles. The Morgan fingerprint density at radius 3 is 2.88 bits per heavy atom. The lowest BCUT2D eigenvalue weighted by Gasteiger charge is -1.99. The minimum Gasteiger partial charge on any atom is -0.477 e. The van der Waals surface area contributed by atoms with Crippen LogP contribution in [-0.4, -0.2) is 37.1 Å². The number of carbonyl (C=O) groups excluding carboxylic acids is 1. The van der Waals surface area contributed by atoms with E-state index < -0.39 is 11.9 Å². The van der Waals surface area contributed by atoms with Crippen molar-refractivity contribution in [1.82, 2.24) is 20.2 Å². The molecule has 0 spiro atoms. The van der Waals surface area contributed by atoms with Crippen molar-refractivity contribution in [3.8, 4) is 0 Å². The molecule has 0 aliphatic rings. The first kappa shape index (κ1) is 9.90. The molecular weight excluding hydrogens is 214 g/mol. The minimum atomic E-state index is -1.24. The highest BCUT2D eigenvalue weighted by atomic mass is 16.4. The number of aromatic carboxylic acids is 1. The molecule has 0 aliphatic carbocycles. The summed E-state index contributed by atoms with van der Waals surface area (Å²) in [4.78, 5) is 28.3. The van der Waals surface area contributed by atoms with E-state index in [4.69, 9.17) is 5.11 Å². The highest BCUT2D eigenvalue weighted by Crippen LogP contribution is 2.06. The number of nitrogens with zero attached hydrogens (tertiary/aromatic N) is 2. The summed E-state index contributed by atoms with van der Waals surface area (Å²) in [7, 11) is 0. The van der Waals surface area contributed by atoms with Gasteiger partial charge in [-0.15, -0.1) is 0 Å². The lowest BCUT2D eigenvalue weighted by atomic mass is 10.3. The number of nitrogens with one attached hydrogen (secondary N) is 3. The van der Waals surface area contributed by atoms with Gasteiger partial charge in [0.2, 0.25) is 0 Å². The van der Waals surface area contributed by atoms with Gasteiger partial charge in [-0.1, -0.05) is 0 Å². The molecule has 0 atom stereocenters. The molecular formula is C8H7N5O3. The van der Waals surface area contributed by atoms with Crippen LogP contribution >= 0.6 is 0 Å². The number of carbonyl (C=O) groups is 2. The fraction of sp³-hybridized carbons (Fsp3) is 0. The van der Waals surface area contributed by atoms with Crippen LogP contribution in [0.1, 0.15) is 21.0 Å². The first-order valence-electron chi connectivity index (χ1n) is 4.26. The van der Waals surface area contributed by atoms with E-state index in [2.05, 4.69) is 25.5 Å². The van der Waals surface area contributed by atoms with Gasteiger partial charge in [0.15, 0.2) is 11.4 Å². The lowest BCUT2D eigenvalue weighted by molar-refractivity contribution is 0.0686. The number of hydrogen-bond donors (Lipinski definition) is 4. The summed E-state index contributed by atoms with van der Waals surface area (Å²) in [6.45, 7) is 0. The third-order valence-corrected chi connectivity index (χ3v) is 1.82. The largest absolute Gasteiger partial charge is 0.477 e. The molecule has 2 heterocycles. The van der Waals surface area contributed by atoms with Gasteiger partial charge in [-0.2, -0.15) is 5.10 Å². The summed E-state index contributed by atoms with van der Waals surface area (Å²) in [5.74, 6) is -1.50. The average Bonchev–Trinajstić information content (AvgIpc) is 2.86. The monoisotopic (exact) mass is 221 g/mol. The van der Waals surface area contributed by atoms with Gasteiger partial charge in [-0.05, 0) is 0 Å². The topological polar surface area (TPSA) is 124 Å². The van der Waals surface area contributed by atoms with E-state index in [1.807, 2.05) is 0 Å². The van der Waals surface area contributed by atoms with Crippen molar-refractivity contribution in [2.45, 2.75) is 0 Å². The molecule has 1 amide bonds. The summed E-state index contributed by atoms with van der Waals surface area (Å²) in [5, 5.41) is 17.3. The number of amides is 1. The Balaban J connectivity index is 2.21. The molecule has 8 nitrogen and oxygen atoms in total. The number of anilines is 1. The first-order chi connectivity index (χ1) is 7.68. The molecule has 16 heavy (non-hydrogen) atoms. The van der Waals surface area contributed by atoms with Crippen molar-refractivity contribution < 1.29 is 14.7 Å². The Labute approximate surface area is 88.7 Å². The molecule has 0 saturated heterocycles. The minimum absolute atomic E-state index is 0.179. The Morgan fingerprint density at radius 2 is 2.25 bits per heavy atom. The van der Waals surface area contributed by atoms with E-state index in [0.29, 0.717) is 5.82 Å². The van der Waals surface area contributed by atoms with Crippen LogP contribution in [-0.2, 0) is 0 Å². The molecule has 2 aromatic rings. The lowest BCUT2D eigenvalue weighted by Crippen LogP contribution is -2.16. The van der Waals surface area contributed by atoms with Crippen LogP contribution in [0.5, 0.6) is 0 Å². The van der Waals surface area contributed by atoms with Gasteiger partial charge in [0.25, 0.3) is 5.91 Å². The quantitative estimate of drug-likeness (QED) is 0.584.